The molecule has 0 radical (unpaired) electrons. The highest BCUT2D eigenvalue weighted by molar-refractivity contribution is 7.16. The summed E-state index contributed by atoms with van der Waals surface area (Å²) in [4.78, 5) is 21.6. The highest BCUT2D eigenvalue weighted by atomic mass is 35.5. The molecule has 1 N–H and O–H groups in total. The summed E-state index contributed by atoms with van der Waals surface area (Å²) < 4.78 is 13.0. The van der Waals surface area contributed by atoms with Crippen molar-refractivity contribution in [2.75, 3.05) is 7.11 Å². The number of imidazole rings is 1. The molecule has 0 fully saturated rings. The number of phenols is 1. The van der Waals surface area contributed by atoms with Crippen molar-refractivity contribution in [2.45, 2.75) is 13.0 Å². The predicted octanol–water partition coefficient (Wildman–Crippen LogP) is 6.43. The molecule has 0 aliphatic carbocycles. The fraction of sp³-hybridized carbons (Fsp3) is 0.115. The van der Waals surface area contributed by atoms with Crippen LogP contribution >= 0.6 is 22.9 Å². The Hall–Kier alpha value is -3.88. The van der Waals surface area contributed by atoms with Crippen LogP contribution in [-0.2, 0) is 4.74 Å². The van der Waals surface area contributed by atoms with Crippen LogP contribution in [0, 0.1) is 0 Å². The van der Waals surface area contributed by atoms with Gasteiger partial charge in [-0.25, -0.2) is 9.78 Å². The van der Waals surface area contributed by atoms with Crippen LogP contribution in [0.1, 0.15) is 28.3 Å². The van der Waals surface area contributed by atoms with E-state index in [4.69, 9.17) is 21.1 Å². The molecule has 3 heterocycles. The Morgan fingerprint density at radius 2 is 2.00 bits per heavy atom. The standard InChI is InChI=1S/C26H20ClN3O4S/c1-15(18-6-3-7-21(31)24(18)27)34-22-12-23(35-25(22)26(32)33-2)30-14-29-19-11-16(8-9-20(19)30)17-5-4-10-28-13-17/h3-15,31H,1-2H3. The zero-order valence-corrected chi connectivity index (χ0v) is 20.4. The first-order valence-corrected chi connectivity index (χ1v) is 11.9. The van der Waals surface area contributed by atoms with E-state index in [0.717, 1.165) is 27.2 Å². The normalized spacial score (nSPS) is 12.0. The van der Waals surface area contributed by atoms with E-state index in [0.29, 0.717) is 16.2 Å². The molecule has 7 nitrogen and oxygen atoms in total. The number of methoxy groups -OCH3 is 1. The van der Waals surface area contributed by atoms with Gasteiger partial charge in [0.1, 0.15) is 28.9 Å². The van der Waals surface area contributed by atoms with Gasteiger partial charge in [0, 0.05) is 29.6 Å². The number of hydrogen-bond donors (Lipinski definition) is 1. The number of carbonyl (C=O) groups excluding carboxylic acids is 1. The molecule has 1 atom stereocenters. The molecule has 5 rings (SSSR count). The second kappa shape index (κ2) is 9.40. The number of esters is 1. The number of rotatable bonds is 6. The maximum atomic E-state index is 12.5. The summed E-state index contributed by atoms with van der Waals surface area (Å²) in [6, 6.07) is 16.6. The molecule has 0 saturated heterocycles. The van der Waals surface area contributed by atoms with Crippen molar-refractivity contribution in [3.63, 3.8) is 0 Å². The quantitative estimate of drug-likeness (QED) is 0.267. The highest BCUT2D eigenvalue weighted by Gasteiger charge is 2.23. The summed E-state index contributed by atoms with van der Waals surface area (Å²) >= 11 is 7.50. The van der Waals surface area contributed by atoms with Crippen molar-refractivity contribution in [3.8, 4) is 27.6 Å². The summed E-state index contributed by atoms with van der Waals surface area (Å²) in [6.07, 6.45) is 4.73. The van der Waals surface area contributed by atoms with Gasteiger partial charge in [-0.05, 0) is 36.8 Å². The lowest BCUT2D eigenvalue weighted by Crippen LogP contribution is -2.07. The average Bonchev–Trinajstić information content (AvgIpc) is 3.49. The van der Waals surface area contributed by atoms with Crippen LogP contribution in [0.4, 0.5) is 0 Å². The number of nitrogens with zero attached hydrogens (tertiary/aromatic N) is 3. The minimum atomic E-state index is -0.526. The van der Waals surface area contributed by atoms with Crippen molar-refractivity contribution >= 4 is 39.9 Å². The zero-order valence-electron chi connectivity index (χ0n) is 18.8. The maximum Gasteiger partial charge on any atom is 0.351 e. The Labute approximate surface area is 210 Å². The van der Waals surface area contributed by atoms with Crippen LogP contribution in [0.25, 0.3) is 27.2 Å². The van der Waals surface area contributed by atoms with E-state index in [1.807, 2.05) is 41.1 Å². The Morgan fingerprint density at radius 3 is 2.77 bits per heavy atom. The van der Waals surface area contributed by atoms with Gasteiger partial charge in [-0.1, -0.05) is 35.9 Å². The van der Waals surface area contributed by atoms with Gasteiger partial charge >= 0.3 is 5.97 Å². The molecular weight excluding hydrogens is 486 g/mol. The summed E-state index contributed by atoms with van der Waals surface area (Å²) in [5.74, 6) is -0.180. The smallest absolute Gasteiger partial charge is 0.351 e. The molecule has 35 heavy (non-hydrogen) atoms. The number of hydrogen-bond acceptors (Lipinski definition) is 7. The van der Waals surface area contributed by atoms with Crippen molar-refractivity contribution in [3.05, 3.63) is 88.8 Å². The third kappa shape index (κ3) is 4.34. The minimum absolute atomic E-state index is 0.0330. The van der Waals surface area contributed by atoms with Gasteiger partial charge in [-0.3, -0.25) is 9.55 Å². The van der Waals surface area contributed by atoms with Gasteiger partial charge in [0.15, 0.2) is 4.88 Å². The first kappa shape index (κ1) is 22.9. The van der Waals surface area contributed by atoms with E-state index in [2.05, 4.69) is 9.97 Å². The lowest BCUT2D eigenvalue weighted by atomic mass is 10.1. The number of ether oxygens (including phenoxy) is 2. The Bertz CT molecular complexity index is 1530. The van der Waals surface area contributed by atoms with Crippen LogP contribution < -0.4 is 4.74 Å². The molecule has 0 bridgehead atoms. The lowest BCUT2D eigenvalue weighted by molar-refractivity contribution is 0.0600. The molecule has 9 heteroatoms. The second-order valence-electron chi connectivity index (χ2n) is 7.77. The third-order valence-corrected chi connectivity index (χ3v) is 7.09. The first-order chi connectivity index (χ1) is 17.0. The molecule has 0 aliphatic rings. The van der Waals surface area contributed by atoms with Gasteiger partial charge in [-0.2, -0.15) is 0 Å². The van der Waals surface area contributed by atoms with E-state index in [1.165, 1.54) is 24.5 Å². The number of carbonyl (C=O) groups is 1. The summed E-state index contributed by atoms with van der Waals surface area (Å²) in [7, 11) is 1.33. The average molecular weight is 506 g/mol. The molecule has 1 unspecified atom stereocenters. The molecule has 0 aliphatic heterocycles. The number of thiophene rings is 1. The number of phenolic OH excluding ortho intramolecular Hbond substituents is 1. The largest absolute Gasteiger partial charge is 0.506 e. The number of pyridine rings is 1. The molecule has 0 spiro atoms. The number of aromatic nitrogens is 3. The topological polar surface area (TPSA) is 86.5 Å². The van der Waals surface area contributed by atoms with E-state index in [9.17, 15) is 9.90 Å². The van der Waals surface area contributed by atoms with Gasteiger partial charge in [-0.15, -0.1) is 11.3 Å². The number of halogens is 1. The fourth-order valence-corrected chi connectivity index (χ4v) is 5.08. The highest BCUT2D eigenvalue weighted by Crippen LogP contribution is 2.39. The number of fused-ring (bicyclic) bond motifs is 1. The molecule has 0 saturated carbocycles. The van der Waals surface area contributed by atoms with Crippen molar-refractivity contribution in [2.24, 2.45) is 0 Å². The molecule has 5 aromatic rings. The van der Waals surface area contributed by atoms with E-state index >= 15 is 0 Å². The molecule has 176 valence electrons. The molecule has 0 amide bonds. The van der Waals surface area contributed by atoms with Crippen LogP contribution in [0.15, 0.2) is 73.3 Å². The van der Waals surface area contributed by atoms with Crippen molar-refractivity contribution < 1.29 is 19.4 Å². The SMILES string of the molecule is COC(=O)c1sc(-n2cnc3cc(-c4cccnc4)ccc32)cc1OC(C)c1cccc(O)c1Cl. The van der Waals surface area contributed by atoms with E-state index < -0.39 is 12.1 Å². The lowest BCUT2D eigenvalue weighted by Gasteiger charge is -2.16. The van der Waals surface area contributed by atoms with Crippen LogP contribution in [0.5, 0.6) is 11.5 Å². The minimum Gasteiger partial charge on any atom is -0.506 e. The van der Waals surface area contributed by atoms with Crippen LogP contribution in [0.2, 0.25) is 5.02 Å². The number of benzene rings is 2. The number of aromatic hydroxyl groups is 1. The van der Waals surface area contributed by atoms with Crippen molar-refractivity contribution in [1.29, 1.82) is 0 Å². The summed E-state index contributed by atoms with van der Waals surface area (Å²) in [5, 5.41) is 10.9. The third-order valence-electron chi connectivity index (χ3n) is 5.59. The van der Waals surface area contributed by atoms with Gasteiger partial charge < -0.3 is 14.6 Å². The predicted molar refractivity (Wildman–Crippen MR) is 136 cm³/mol. The summed E-state index contributed by atoms with van der Waals surface area (Å²) in [5.41, 5.74) is 4.31. The fourth-order valence-electron chi connectivity index (χ4n) is 3.81. The molecule has 2 aromatic carbocycles. The van der Waals surface area contributed by atoms with E-state index in [-0.39, 0.29) is 10.8 Å². The van der Waals surface area contributed by atoms with Gasteiger partial charge in [0.25, 0.3) is 0 Å². The summed E-state index contributed by atoms with van der Waals surface area (Å²) in [6.45, 7) is 1.80. The second-order valence-corrected chi connectivity index (χ2v) is 9.18. The van der Waals surface area contributed by atoms with E-state index in [1.54, 1.807) is 37.6 Å². The monoisotopic (exact) mass is 505 g/mol. The van der Waals surface area contributed by atoms with Gasteiger partial charge in [0.05, 0.1) is 23.2 Å². The maximum absolute atomic E-state index is 12.5. The first-order valence-electron chi connectivity index (χ1n) is 10.7. The Morgan fingerprint density at radius 1 is 1.14 bits per heavy atom. The molecule has 3 aromatic heterocycles. The van der Waals surface area contributed by atoms with Gasteiger partial charge in [0.2, 0.25) is 0 Å². The van der Waals surface area contributed by atoms with Crippen molar-refractivity contribution in [1.82, 2.24) is 14.5 Å². The zero-order chi connectivity index (χ0) is 24.5. The Balaban J connectivity index is 1.52. The Kier molecular flexibility index (Phi) is 6.15. The molecular formula is C26H20ClN3O4S. The van der Waals surface area contributed by atoms with Crippen LogP contribution in [-0.4, -0.2) is 32.7 Å². The van der Waals surface area contributed by atoms with Crippen LogP contribution in [0.3, 0.4) is 0 Å².